The maximum atomic E-state index is 9.71. The van der Waals surface area contributed by atoms with Crippen LogP contribution in [0.4, 0.5) is 0 Å². The van der Waals surface area contributed by atoms with E-state index in [0.29, 0.717) is 6.04 Å². The Morgan fingerprint density at radius 1 is 1.54 bits per heavy atom. The van der Waals surface area contributed by atoms with Crippen molar-refractivity contribution in [2.45, 2.75) is 44.8 Å². The van der Waals surface area contributed by atoms with Gasteiger partial charge in [-0.2, -0.15) is 0 Å². The van der Waals surface area contributed by atoms with Crippen molar-refractivity contribution in [2.75, 3.05) is 13.1 Å². The molecule has 0 aromatic heterocycles. The van der Waals surface area contributed by atoms with Crippen molar-refractivity contribution in [3.63, 3.8) is 0 Å². The van der Waals surface area contributed by atoms with Crippen molar-refractivity contribution in [3.8, 4) is 0 Å². The largest absolute Gasteiger partial charge is 0.389 e. The van der Waals surface area contributed by atoms with Gasteiger partial charge in [0.25, 0.3) is 0 Å². The fourth-order valence-electron chi connectivity index (χ4n) is 1.98. The Morgan fingerprint density at radius 2 is 2.23 bits per heavy atom. The van der Waals surface area contributed by atoms with E-state index in [4.69, 9.17) is 0 Å². The van der Waals surface area contributed by atoms with E-state index in [0.717, 1.165) is 13.1 Å². The zero-order valence-corrected chi connectivity index (χ0v) is 8.79. The van der Waals surface area contributed by atoms with Crippen LogP contribution < -0.4 is 0 Å². The predicted molar refractivity (Wildman–Crippen MR) is 55.7 cm³/mol. The Morgan fingerprint density at radius 3 is 2.77 bits per heavy atom. The van der Waals surface area contributed by atoms with Gasteiger partial charge in [-0.05, 0) is 33.2 Å². The first-order chi connectivity index (χ1) is 6.03. The lowest BCUT2D eigenvalue weighted by molar-refractivity contribution is 0.0186. The second kappa shape index (κ2) is 4.25. The molecule has 0 aliphatic carbocycles. The third-order valence-corrected chi connectivity index (χ3v) is 2.53. The van der Waals surface area contributed by atoms with Crippen LogP contribution in [-0.2, 0) is 0 Å². The fourth-order valence-corrected chi connectivity index (χ4v) is 1.98. The number of aliphatic hydroxyl groups is 1. The molecular weight excluding hydrogens is 162 g/mol. The maximum absolute atomic E-state index is 9.71. The number of hydrogen-bond donors (Lipinski definition) is 1. The molecule has 1 aliphatic heterocycles. The molecule has 1 heterocycles. The SMILES string of the molecule is C=CC1CCCCN1CC(C)(C)O. The van der Waals surface area contributed by atoms with E-state index < -0.39 is 5.60 Å². The highest BCUT2D eigenvalue weighted by Gasteiger charge is 2.25. The summed E-state index contributed by atoms with van der Waals surface area (Å²) in [6.45, 7) is 9.42. The van der Waals surface area contributed by atoms with E-state index in [1.165, 1.54) is 19.3 Å². The Balaban J connectivity index is 2.50. The van der Waals surface area contributed by atoms with Crippen molar-refractivity contribution in [3.05, 3.63) is 12.7 Å². The summed E-state index contributed by atoms with van der Waals surface area (Å²) in [6, 6.07) is 0.472. The molecule has 0 aromatic carbocycles. The highest BCUT2D eigenvalue weighted by atomic mass is 16.3. The van der Waals surface area contributed by atoms with Gasteiger partial charge in [-0.15, -0.1) is 6.58 Å². The highest BCUT2D eigenvalue weighted by molar-refractivity contribution is 4.92. The van der Waals surface area contributed by atoms with Crippen LogP contribution in [0.2, 0.25) is 0 Å². The number of rotatable bonds is 3. The second-order valence-corrected chi connectivity index (χ2v) is 4.58. The van der Waals surface area contributed by atoms with Crippen molar-refractivity contribution in [1.82, 2.24) is 4.90 Å². The van der Waals surface area contributed by atoms with Gasteiger partial charge in [-0.1, -0.05) is 12.5 Å². The van der Waals surface area contributed by atoms with Crippen molar-refractivity contribution in [1.29, 1.82) is 0 Å². The monoisotopic (exact) mass is 183 g/mol. The van der Waals surface area contributed by atoms with Crippen LogP contribution in [0, 0.1) is 0 Å². The Hall–Kier alpha value is -0.340. The number of hydrogen-bond acceptors (Lipinski definition) is 2. The van der Waals surface area contributed by atoms with Crippen LogP contribution in [0.25, 0.3) is 0 Å². The molecule has 2 nitrogen and oxygen atoms in total. The molecule has 0 radical (unpaired) electrons. The second-order valence-electron chi connectivity index (χ2n) is 4.58. The first-order valence-corrected chi connectivity index (χ1v) is 5.12. The first-order valence-electron chi connectivity index (χ1n) is 5.12. The standard InChI is InChI=1S/C11H21NO/c1-4-10-7-5-6-8-12(10)9-11(2,3)13/h4,10,13H,1,5-9H2,2-3H3. The third kappa shape index (κ3) is 3.49. The number of nitrogens with zero attached hydrogens (tertiary/aromatic N) is 1. The molecule has 0 spiro atoms. The van der Waals surface area contributed by atoms with E-state index in [9.17, 15) is 5.11 Å². The first kappa shape index (κ1) is 10.7. The van der Waals surface area contributed by atoms with Gasteiger partial charge in [0.1, 0.15) is 0 Å². The summed E-state index contributed by atoms with van der Waals surface area (Å²) < 4.78 is 0. The maximum Gasteiger partial charge on any atom is 0.0718 e. The van der Waals surface area contributed by atoms with Crippen LogP contribution in [-0.4, -0.2) is 34.7 Å². The molecular formula is C11H21NO. The minimum atomic E-state index is -0.585. The summed E-state index contributed by atoms with van der Waals surface area (Å²) in [5.74, 6) is 0. The van der Waals surface area contributed by atoms with Crippen LogP contribution in [0.1, 0.15) is 33.1 Å². The molecule has 76 valence electrons. The molecule has 0 saturated carbocycles. The van der Waals surface area contributed by atoms with Crippen LogP contribution >= 0.6 is 0 Å². The Bertz CT molecular complexity index is 171. The molecule has 1 aliphatic rings. The molecule has 0 amide bonds. The van der Waals surface area contributed by atoms with Gasteiger partial charge in [0, 0.05) is 12.6 Å². The lowest BCUT2D eigenvalue weighted by atomic mass is 9.99. The molecule has 1 fully saturated rings. The Kier molecular flexibility index (Phi) is 3.51. The molecule has 0 aromatic rings. The normalized spacial score (nSPS) is 25.9. The van der Waals surface area contributed by atoms with E-state index in [1.54, 1.807) is 0 Å². The van der Waals surface area contributed by atoms with Gasteiger partial charge in [-0.3, -0.25) is 4.90 Å². The highest BCUT2D eigenvalue weighted by Crippen LogP contribution is 2.19. The summed E-state index contributed by atoms with van der Waals surface area (Å²) in [4.78, 5) is 2.33. The predicted octanol–water partition coefficient (Wildman–Crippen LogP) is 1.80. The average Bonchev–Trinajstić information content (AvgIpc) is 2.02. The van der Waals surface area contributed by atoms with E-state index >= 15 is 0 Å². The van der Waals surface area contributed by atoms with Crippen molar-refractivity contribution >= 4 is 0 Å². The van der Waals surface area contributed by atoms with Gasteiger partial charge >= 0.3 is 0 Å². The topological polar surface area (TPSA) is 23.5 Å². The summed E-state index contributed by atoms with van der Waals surface area (Å²) in [7, 11) is 0. The van der Waals surface area contributed by atoms with E-state index in [2.05, 4.69) is 11.5 Å². The average molecular weight is 183 g/mol. The van der Waals surface area contributed by atoms with Gasteiger partial charge in [0.15, 0.2) is 0 Å². The fraction of sp³-hybridized carbons (Fsp3) is 0.818. The van der Waals surface area contributed by atoms with Crippen molar-refractivity contribution < 1.29 is 5.11 Å². The molecule has 1 N–H and O–H groups in total. The Labute approximate surface area is 81.2 Å². The number of likely N-dealkylation sites (tertiary alicyclic amines) is 1. The third-order valence-electron chi connectivity index (χ3n) is 2.53. The lowest BCUT2D eigenvalue weighted by Gasteiger charge is -2.37. The van der Waals surface area contributed by atoms with Gasteiger partial charge in [0.05, 0.1) is 5.60 Å². The molecule has 1 unspecified atom stereocenters. The van der Waals surface area contributed by atoms with E-state index in [-0.39, 0.29) is 0 Å². The summed E-state index contributed by atoms with van der Waals surface area (Å²) >= 11 is 0. The van der Waals surface area contributed by atoms with E-state index in [1.807, 2.05) is 19.9 Å². The minimum absolute atomic E-state index is 0.472. The van der Waals surface area contributed by atoms with Crippen LogP contribution in [0.15, 0.2) is 12.7 Å². The zero-order valence-electron chi connectivity index (χ0n) is 8.79. The molecule has 1 atom stereocenters. The zero-order chi connectivity index (χ0) is 9.90. The molecule has 1 rings (SSSR count). The molecule has 0 bridgehead atoms. The van der Waals surface area contributed by atoms with Gasteiger partial charge in [0.2, 0.25) is 0 Å². The summed E-state index contributed by atoms with van der Waals surface area (Å²) in [5.41, 5.74) is -0.585. The van der Waals surface area contributed by atoms with Gasteiger partial charge in [-0.25, -0.2) is 0 Å². The summed E-state index contributed by atoms with van der Waals surface area (Å²) in [6.07, 6.45) is 5.74. The smallest absolute Gasteiger partial charge is 0.0718 e. The van der Waals surface area contributed by atoms with Crippen LogP contribution in [0.3, 0.4) is 0 Å². The van der Waals surface area contributed by atoms with Crippen LogP contribution in [0.5, 0.6) is 0 Å². The lowest BCUT2D eigenvalue weighted by Crippen LogP contribution is -2.46. The molecule has 1 saturated heterocycles. The molecule has 13 heavy (non-hydrogen) atoms. The quantitative estimate of drug-likeness (QED) is 0.674. The van der Waals surface area contributed by atoms with Gasteiger partial charge < -0.3 is 5.11 Å². The number of piperidine rings is 1. The number of β-amino-alcohol motifs (C(OH)–C–C–N with tert-alkyl or cyclic N) is 1. The molecule has 2 heteroatoms. The summed E-state index contributed by atoms with van der Waals surface area (Å²) in [5, 5.41) is 9.71. The van der Waals surface area contributed by atoms with Crippen molar-refractivity contribution in [2.24, 2.45) is 0 Å². The minimum Gasteiger partial charge on any atom is -0.389 e.